The monoisotopic (exact) mass is 285 g/mol. The quantitative estimate of drug-likeness (QED) is 0.836. The van der Waals surface area contributed by atoms with E-state index in [4.69, 9.17) is 28.6 Å². The van der Waals surface area contributed by atoms with Gasteiger partial charge in [-0.2, -0.15) is 0 Å². The SMILES string of the molecule is Cc1nc(NC(=S)NC[C@H]2CCCO2)ccc1Cl. The van der Waals surface area contributed by atoms with Crippen molar-refractivity contribution in [2.45, 2.75) is 25.9 Å². The fourth-order valence-electron chi connectivity index (χ4n) is 1.79. The van der Waals surface area contributed by atoms with Gasteiger partial charge in [-0.1, -0.05) is 11.6 Å². The molecular formula is C12H16ClN3OS. The van der Waals surface area contributed by atoms with E-state index < -0.39 is 0 Å². The summed E-state index contributed by atoms with van der Waals surface area (Å²) in [6, 6.07) is 3.60. The minimum atomic E-state index is 0.268. The first-order chi connectivity index (χ1) is 8.65. The summed E-state index contributed by atoms with van der Waals surface area (Å²) in [5, 5.41) is 7.37. The average molecular weight is 286 g/mol. The van der Waals surface area contributed by atoms with Crippen molar-refractivity contribution < 1.29 is 4.74 Å². The molecule has 0 amide bonds. The van der Waals surface area contributed by atoms with E-state index in [2.05, 4.69) is 15.6 Å². The van der Waals surface area contributed by atoms with E-state index in [1.54, 1.807) is 12.1 Å². The van der Waals surface area contributed by atoms with Crippen molar-refractivity contribution in [2.24, 2.45) is 0 Å². The molecule has 0 bridgehead atoms. The predicted octanol–water partition coefficient (Wildman–Crippen LogP) is 2.51. The molecule has 2 N–H and O–H groups in total. The topological polar surface area (TPSA) is 46.2 Å². The van der Waals surface area contributed by atoms with Crippen LogP contribution in [-0.4, -0.2) is 29.4 Å². The zero-order valence-corrected chi connectivity index (χ0v) is 11.8. The van der Waals surface area contributed by atoms with Crippen molar-refractivity contribution in [3.05, 3.63) is 22.8 Å². The van der Waals surface area contributed by atoms with Crippen molar-refractivity contribution in [1.29, 1.82) is 0 Å². The van der Waals surface area contributed by atoms with Crippen LogP contribution in [0.2, 0.25) is 5.02 Å². The lowest BCUT2D eigenvalue weighted by Gasteiger charge is -2.13. The lowest BCUT2D eigenvalue weighted by Crippen LogP contribution is -2.35. The van der Waals surface area contributed by atoms with Crippen LogP contribution in [0.4, 0.5) is 5.82 Å². The summed E-state index contributed by atoms with van der Waals surface area (Å²) in [6.45, 7) is 3.44. The van der Waals surface area contributed by atoms with Gasteiger partial charge in [-0.3, -0.25) is 0 Å². The van der Waals surface area contributed by atoms with E-state index in [1.165, 1.54) is 0 Å². The molecule has 1 aliphatic rings. The molecule has 0 unspecified atom stereocenters. The highest BCUT2D eigenvalue weighted by Crippen LogP contribution is 2.15. The maximum atomic E-state index is 5.91. The summed E-state index contributed by atoms with van der Waals surface area (Å²) in [5.74, 6) is 0.696. The Balaban J connectivity index is 1.80. The van der Waals surface area contributed by atoms with Gasteiger partial charge in [-0.05, 0) is 44.1 Å². The lowest BCUT2D eigenvalue weighted by molar-refractivity contribution is 0.114. The first-order valence-electron chi connectivity index (χ1n) is 5.95. The van der Waals surface area contributed by atoms with Crippen molar-refractivity contribution in [1.82, 2.24) is 10.3 Å². The van der Waals surface area contributed by atoms with Gasteiger partial charge in [-0.15, -0.1) is 0 Å². The van der Waals surface area contributed by atoms with Crippen LogP contribution in [-0.2, 0) is 4.74 Å². The fraction of sp³-hybridized carbons (Fsp3) is 0.500. The van der Waals surface area contributed by atoms with Gasteiger partial charge in [0.05, 0.1) is 16.8 Å². The molecule has 98 valence electrons. The smallest absolute Gasteiger partial charge is 0.172 e. The zero-order chi connectivity index (χ0) is 13.0. The number of nitrogens with zero attached hydrogens (tertiary/aromatic N) is 1. The van der Waals surface area contributed by atoms with Crippen LogP contribution in [0, 0.1) is 6.92 Å². The molecule has 4 nitrogen and oxygen atoms in total. The largest absolute Gasteiger partial charge is 0.376 e. The van der Waals surface area contributed by atoms with Gasteiger partial charge in [-0.25, -0.2) is 4.98 Å². The second kappa shape index (κ2) is 6.31. The molecule has 0 radical (unpaired) electrons. The molecule has 1 aliphatic heterocycles. The summed E-state index contributed by atoms with van der Waals surface area (Å²) in [6.07, 6.45) is 2.49. The Morgan fingerprint density at radius 1 is 1.61 bits per heavy atom. The Morgan fingerprint density at radius 2 is 2.44 bits per heavy atom. The molecule has 1 fully saturated rings. The van der Waals surface area contributed by atoms with Crippen molar-refractivity contribution in [2.75, 3.05) is 18.5 Å². The molecular weight excluding hydrogens is 270 g/mol. The molecule has 18 heavy (non-hydrogen) atoms. The van der Waals surface area contributed by atoms with Gasteiger partial charge in [0.2, 0.25) is 0 Å². The van der Waals surface area contributed by atoms with Crippen LogP contribution in [0.5, 0.6) is 0 Å². The number of thiocarbonyl (C=S) groups is 1. The Morgan fingerprint density at radius 3 is 3.11 bits per heavy atom. The number of hydrogen-bond donors (Lipinski definition) is 2. The van der Waals surface area contributed by atoms with Gasteiger partial charge in [0, 0.05) is 13.2 Å². The van der Waals surface area contributed by atoms with Gasteiger partial charge < -0.3 is 15.4 Å². The third-order valence-electron chi connectivity index (χ3n) is 2.78. The normalized spacial score (nSPS) is 18.7. The van der Waals surface area contributed by atoms with Crippen LogP contribution in [0.25, 0.3) is 0 Å². The first-order valence-corrected chi connectivity index (χ1v) is 6.73. The molecule has 0 aromatic carbocycles. The minimum Gasteiger partial charge on any atom is -0.376 e. The third-order valence-corrected chi connectivity index (χ3v) is 3.42. The number of aromatic nitrogens is 1. The summed E-state index contributed by atoms with van der Waals surface area (Å²) in [7, 11) is 0. The van der Waals surface area contributed by atoms with E-state index in [-0.39, 0.29) is 6.10 Å². The standard InChI is InChI=1S/C12H16ClN3OS/c1-8-10(13)4-5-11(15-8)16-12(18)14-7-9-3-2-6-17-9/h4-5,9H,2-3,6-7H2,1H3,(H2,14,15,16,18)/t9-/m1/s1. The number of anilines is 1. The number of rotatable bonds is 3. The Bertz CT molecular complexity index is 435. The average Bonchev–Trinajstić information content (AvgIpc) is 2.84. The van der Waals surface area contributed by atoms with Crippen molar-refractivity contribution in [3.63, 3.8) is 0 Å². The summed E-state index contributed by atoms with van der Waals surface area (Å²) in [5.41, 5.74) is 0.781. The number of aryl methyl sites for hydroxylation is 1. The number of hydrogen-bond acceptors (Lipinski definition) is 3. The summed E-state index contributed by atoms with van der Waals surface area (Å²) < 4.78 is 5.51. The van der Waals surface area contributed by atoms with Crippen molar-refractivity contribution in [3.8, 4) is 0 Å². The molecule has 2 heterocycles. The molecule has 0 spiro atoms. The maximum Gasteiger partial charge on any atom is 0.172 e. The molecule has 1 aromatic rings. The fourth-order valence-corrected chi connectivity index (χ4v) is 2.08. The van der Waals surface area contributed by atoms with Crippen molar-refractivity contribution >= 4 is 34.7 Å². The Kier molecular flexibility index (Phi) is 4.74. The molecule has 0 saturated carbocycles. The van der Waals surface area contributed by atoms with Crippen LogP contribution < -0.4 is 10.6 Å². The van der Waals surface area contributed by atoms with Crippen LogP contribution in [0.1, 0.15) is 18.5 Å². The number of ether oxygens (including phenoxy) is 1. The predicted molar refractivity (Wildman–Crippen MR) is 77.2 cm³/mol. The Hall–Kier alpha value is -0.910. The molecule has 1 atom stereocenters. The van der Waals surface area contributed by atoms with Crippen LogP contribution >= 0.6 is 23.8 Å². The number of pyridine rings is 1. The Labute approximate surface area is 117 Å². The number of halogens is 1. The first kappa shape index (κ1) is 13.5. The highest BCUT2D eigenvalue weighted by molar-refractivity contribution is 7.80. The maximum absolute atomic E-state index is 5.91. The lowest BCUT2D eigenvalue weighted by atomic mass is 10.2. The van der Waals surface area contributed by atoms with E-state index >= 15 is 0 Å². The molecule has 2 rings (SSSR count). The van der Waals surface area contributed by atoms with E-state index in [9.17, 15) is 0 Å². The summed E-state index contributed by atoms with van der Waals surface area (Å²) >= 11 is 11.1. The molecule has 0 aliphatic carbocycles. The highest BCUT2D eigenvalue weighted by Gasteiger charge is 2.15. The molecule has 1 aromatic heterocycles. The third kappa shape index (κ3) is 3.80. The molecule has 1 saturated heterocycles. The van der Waals surface area contributed by atoms with E-state index in [0.717, 1.165) is 31.7 Å². The van der Waals surface area contributed by atoms with Crippen LogP contribution in [0.15, 0.2) is 12.1 Å². The second-order valence-corrected chi connectivity index (χ2v) is 5.05. The highest BCUT2D eigenvalue weighted by atomic mass is 35.5. The number of nitrogens with one attached hydrogen (secondary N) is 2. The van der Waals surface area contributed by atoms with Crippen LogP contribution in [0.3, 0.4) is 0 Å². The summed E-state index contributed by atoms with van der Waals surface area (Å²) in [4.78, 5) is 4.29. The van der Waals surface area contributed by atoms with Gasteiger partial charge in [0.1, 0.15) is 5.82 Å². The molecule has 6 heteroatoms. The van der Waals surface area contributed by atoms with E-state index in [1.807, 2.05) is 6.92 Å². The zero-order valence-electron chi connectivity index (χ0n) is 10.2. The second-order valence-electron chi connectivity index (χ2n) is 4.23. The minimum absolute atomic E-state index is 0.268. The van der Waals surface area contributed by atoms with Gasteiger partial charge in [0.15, 0.2) is 5.11 Å². The van der Waals surface area contributed by atoms with Gasteiger partial charge >= 0.3 is 0 Å². The van der Waals surface area contributed by atoms with E-state index in [0.29, 0.717) is 16.0 Å². The van der Waals surface area contributed by atoms with Gasteiger partial charge in [0.25, 0.3) is 0 Å².